The fraction of sp³-hybridized carbons (Fsp3) is 0.400. The quantitative estimate of drug-likeness (QED) is 0.756. The molecule has 0 fully saturated rings. The lowest BCUT2D eigenvalue weighted by molar-refractivity contribution is -0.0574. The Morgan fingerprint density at radius 3 is 2.10 bits per heavy atom. The molecule has 0 aromatic heterocycles. The third-order valence-electron chi connectivity index (χ3n) is 2.51. The van der Waals surface area contributed by atoms with Crippen LogP contribution in [0.4, 0.5) is 13.2 Å². The average molecular weight is 317 g/mol. The summed E-state index contributed by atoms with van der Waals surface area (Å²) >= 11 is 0. The van der Waals surface area contributed by atoms with E-state index in [1.54, 1.807) is 45.0 Å². The monoisotopic (exact) mass is 317 g/mol. The third-order valence-corrected chi connectivity index (χ3v) is 3.92. The highest BCUT2D eigenvalue weighted by Crippen LogP contribution is 2.22. The van der Waals surface area contributed by atoms with Crippen LogP contribution in [0.1, 0.15) is 31.9 Å². The highest BCUT2D eigenvalue weighted by atomic mass is 32.2. The lowest BCUT2D eigenvalue weighted by Crippen LogP contribution is -2.26. The van der Waals surface area contributed by atoms with Crippen LogP contribution >= 0.6 is 0 Å². The van der Waals surface area contributed by atoms with Crippen molar-refractivity contribution in [2.75, 3.05) is 0 Å². The van der Waals surface area contributed by atoms with Gasteiger partial charge in [0.2, 0.25) is 0 Å². The number of benzene rings is 1. The molecule has 116 valence electrons. The van der Waals surface area contributed by atoms with Gasteiger partial charge in [-0.3, -0.25) is 0 Å². The molecule has 0 amide bonds. The van der Waals surface area contributed by atoms with Gasteiger partial charge in [-0.05, 0) is 39.3 Å². The molecule has 1 aromatic carbocycles. The lowest BCUT2D eigenvalue weighted by Gasteiger charge is -2.15. The second-order valence-corrected chi connectivity index (χ2v) is 7.49. The zero-order chi connectivity index (χ0) is 16.3. The molecular formula is C15H18F3NOS. The Bertz CT molecular complexity index is 566. The van der Waals surface area contributed by atoms with E-state index >= 15 is 0 Å². The molecule has 0 aliphatic carbocycles. The number of hydrogen-bond acceptors (Lipinski definition) is 1. The predicted molar refractivity (Wildman–Crippen MR) is 81.6 cm³/mol. The average Bonchev–Trinajstić information content (AvgIpc) is 2.33. The topological polar surface area (TPSA) is 29.4 Å². The Morgan fingerprint density at radius 2 is 1.67 bits per heavy atom. The molecule has 1 rings (SSSR count). The summed E-state index contributed by atoms with van der Waals surface area (Å²) in [6.45, 7) is 6.61. The summed E-state index contributed by atoms with van der Waals surface area (Å²) in [7, 11) is -1.96. The number of halogens is 3. The zero-order valence-electron chi connectivity index (χ0n) is 12.4. The highest BCUT2D eigenvalue weighted by molar-refractivity contribution is 7.85. The number of hydrogen-bond donors (Lipinski definition) is 0. The van der Waals surface area contributed by atoms with Crippen LogP contribution in [0, 0.1) is 6.92 Å². The van der Waals surface area contributed by atoms with E-state index in [9.17, 15) is 17.4 Å². The van der Waals surface area contributed by atoms with Gasteiger partial charge in [-0.2, -0.15) is 17.6 Å². The second-order valence-electron chi connectivity index (χ2n) is 5.58. The van der Waals surface area contributed by atoms with Crippen LogP contribution in [0.15, 0.2) is 34.7 Å². The Hall–Kier alpha value is -1.43. The van der Waals surface area contributed by atoms with Gasteiger partial charge in [-0.25, -0.2) is 4.21 Å². The van der Waals surface area contributed by atoms with Gasteiger partial charge in [0.05, 0.1) is 4.75 Å². The predicted octanol–water partition coefficient (Wildman–Crippen LogP) is 4.47. The molecule has 1 atom stereocenters. The number of nitrogens with zero attached hydrogens (tertiary/aromatic N) is 1. The fourth-order valence-corrected chi connectivity index (χ4v) is 1.87. The molecular weight excluding hydrogens is 299 g/mol. The summed E-state index contributed by atoms with van der Waals surface area (Å²) in [4.78, 5) is 0. The molecule has 2 nitrogen and oxygen atoms in total. The third kappa shape index (κ3) is 5.83. The lowest BCUT2D eigenvalue weighted by atomic mass is 10.1. The molecule has 0 radical (unpaired) electrons. The van der Waals surface area contributed by atoms with Crippen molar-refractivity contribution in [3.63, 3.8) is 0 Å². The molecule has 0 saturated carbocycles. The largest absolute Gasteiger partial charge is 0.434 e. The molecule has 0 saturated heterocycles. The van der Waals surface area contributed by atoms with Crippen molar-refractivity contribution < 1.29 is 17.4 Å². The highest BCUT2D eigenvalue weighted by Gasteiger charge is 2.35. The van der Waals surface area contributed by atoms with Gasteiger partial charge < -0.3 is 0 Å². The molecule has 0 aliphatic heterocycles. The van der Waals surface area contributed by atoms with Crippen molar-refractivity contribution in [3.05, 3.63) is 41.5 Å². The van der Waals surface area contributed by atoms with E-state index < -0.39 is 27.6 Å². The minimum atomic E-state index is -4.64. The minimum Gasteiger partial charge on any atom is -0.234 e. The molecule has 6 heteroatoms. The van der Waals surface area contributed by atoms with Gasteiger partial charge in [0, 0.05) is 0 Å². The Kier molecular flexibility index (Phi) is 5.50. The van der Waals surface area contributed by atoms with Crippen molar-refractivity contribution in [2.24, 2.45) is 4.40 Å². The molecule has 0 spiro atoms. The Morgan fingerprint density at radius 1 is 1.14 bits per heavy atom. The van der Waals surface area contributed by atoms with E-state index in [1.807, 2.05) is 6.92 Å². The van der Waals surface area contributed by atoms with E-state index in [2.05, 4.69) is 4.40 Å². The maximum absolute atomic E-state index is 12.9. The summed E-state index contributed by atoms with van der Waals surface area (Å²) in [5.74, 6) is 0. The molecule has 1 aromatic rings. The van der Waals surface area contributed by atoms with Crippen LogP contribution in [0.25, 0.3) is 6.08 Å². The van der Waals surface area contributed by atoms with Gasteiger partial charge in [0.1, 0.15) is 11.0 Å². The van der Waals surface area contributed by atoms with Crippen LogP contribution in [0.2, 0.25) is 0 Å². The maximum atomic E-state index is 12.9. The first-order chi connectivity index (χ1) is 9.50. The van der Waals surface area contributed by atoms with Crippen molar-refractivity contribution >= 4 is 22.8 Å². The summed E-state index contributed by atoms with van der Waals surface area (Å²) < 4.78 is 53.0. The number of allylic oxidation sites excluding steroid dienone is 1. The molecule has 0 N–H and O–H groups in total. The first kappa shape index (κ1) is 17.6. The molecule has 0 unspecified atom stereocenters. The standard InChI is InChI=1S/C15H18F3NOS/c1-11-5-7-12(8-6-11)9-10-13(15(16,17)18)19-21(20)14(2,3)4/h5-10H,1-4H3/b10-9+,19-13+/t21-/m1/s1. The molecule has 0 bridgehead atoms. The van der Waals surface area contributed by atoms with Gasteiger partial charge in [-0.15, -0.1) is 0 Å². The number of rotatable bonds is 3. The number of alkyl halides is 3. The van der Waals surface area contributed by atoms with E-state index in [4.69, 9.17) is 0 Å². The van der Waals surface area contributed by atoms with E-state index in [1.165, 1.54) is 6.08 Å². The van der Waals surface area contributed by atoms with E-state index in [-0.39, 0.29) is 0 Å². The maximum Gasteiger partial charge on any atom is 0.434 e. The summed E-state index contributed by atoms with van der Waals surface area (Å²) in [6.07, 6.45) is -2.47. The normalized spacial score (nSPS) is 15.5. The number of aryl methyl sites for hydroxylation is 1. The van der Waals surface area contributed by atoms with Crippen molar-refractivity contribution in [2.45, 2.75) is 38.6 Å². The van der Waals surface area contributed by atoms with Gasteiger partial charge in [0.15, 0.2) is 5.71 Å². The van der Waals surface area contributed by atoms with Crippen molar-refractivity contribution in [1.82, 2.24) is 0 Å². The van der Waals surface area contributed by atoms with Crippen LogP contribution in [-0.4, -0.2) is 20.8 Å². The first-order valence-corrected chi connectivity index (χ1v) is 7.43. The van der Waals surface area contributed by atoms with Crippen LogP contribution in [-0.2, 0) is 11.0 Å². The van der Waals surface area contributed by atoms with Gasteiger partial charge in [0.25, 0.3) is 0 Å². The zero-order valence-corrected chi connectivity index (χ0v) is 13.2. The first-order valence-electron chi connectivity index (χ1n) is 6.33. The minimum absolute atomic E-state index is 0.624. The SMILES string of the molecule is Cc1ccc(/C=C/C(=N\[S@](=O)C(C)(C)C)C(F)(F)F)cc1. The van der Waals surface area contributed by atoms with Crippen LogP contribution in [0.3, 0.4) is 0 Å². The summed E-state index contributed by atoms with van der Waals surface area (Å²) in [5.41, 5.74) is 0.501. The van der Waals surface area contributed by atoms with E-state index in [0.717, 1.165) is 11.6 Å². The van der Waals surface area contributed by atoms with E-state index in [0.29, 0.717) is 5.56 Å². The molecule has 0 heterocycles. The van der Waals surface area contributed by atoms with Crippen molar-refractivity contribution in [1.29, 1.82) is 0 Å². The van der Waals surface area contributed by atoms with Gasteiger partial charge >= 0.3 is 6.18 Å². The second kappa shape index (κ2) is 6.56. The van der Waals surface area contributed by atoms with Crippen molar-refractivity contribution in [3.8, 4) is 0 Å². The Labute approximate surface area is 125 Å². The fourth-order valence-electron chi connectivity index (χ4n) is 1.26. The summed E-state index contributed by atoms with van der Waals surface area (Å²) in [5, 5.41) is 0. The molecule has 0 aliphatic rings. The Balaban J connectivity index is 3.08. The molecule has 21 heavy (non-hydrogen) atoms. The summed E-state index contributed by atoms with van der Waals surface area (Å²) in [6, 6.07) is 7.02. The van der Waals surface area contributed by atoms with Crippen LogP contribution < -0.4 is 0 Å². The van der Waals surface area contributed by atoms with Crippen LogP contribution in [0.5, 0.6) is 0 Å². The van der Waals surface area contributed by atoms with Gasteiger partial charge in [-0.1, -0.05) is 35.9 Å². The smallest absolute Gasteiger partial charge is 0.234 e.